The summed E-state index contributed by atoms with van der Waals surface area (Å²) in [4.78, 5) is 14.4. The lowest BCUT2D eigenvalue weighted by atomic mass is 9.81. The molecule has 0 N–H and O–H groups in total. The molecule has 3 aliphatic rings. The van der Waals surface area contributed by atoms with Gasteiger partial charge in [0.2, 0.25) is 0 Å². The Labute approximate surface area is 148 Å². The Morgan fingerprint density at radius 3 is 2.76 bits per heavy atom. The molecule has 1 aromatic heterocycles. The molecule has 0 aromatic carbocycles. The van der Waals surface area contributed by atoms with Gasteiger partial charge in [-0.05, 0) is 38.2 Å². The number of carbonyl (C=O) groups is 1. The zero-order chi connectivity index (χ0) is 17.3. The molecule has 3 aliphatic heterocycles. The first kappa shape index (κ1) is 17.1. The SMILES string of the molecule is Cc1occc1C(=O)N1CC2(C1)OCC[C@H]2COCC1CCOCC1. The number of hydrogen-bond donors (Lipinski definition) is 0. The standard InChI is InChI=1S/C19H27NO5/c1-14-17(5-8-24-14)18(21)20-12-19(13-20)16(4-9-25-19)11-23-10-15-2-6-22-7-3-15/h5,8,15-16H,2-4,6-7,9-13H2,1H3/t16-/m0/s1. The van der Waals surface area contributed by atoms with Crippen LogP contribution in [0.25, 0.3) is 0 Å². The van der Waals surface area contributed by atoms with E-state index in [0.29, 0.717) is 36.2 Å². The summed E-state index contributed by atoms with van der Waals surface area (Å²) >= 11 is 0. The fraction of sp³-hybridized carbons (Fsp3) is 0.737. The van der Waals surface area contributed by atoms with E-state index in [-0.39, 0.29) is 11.5 Å². The Morgan fingerprint density at radius 1 is 1.24 bits per heavy atom. The van der Waals surface area contributed by atoms with Crippen molar-refractivity contribution in [2.75, 3.05) is 46.1 Å². The van der Waals surface area contributed by atoms with Crippen molar-refractivity contribution in [2.24, 2.45) is 11.8 Å². The number of likely N-dealkylation sites (tertiary alicyclic amines) is 1. The highest BCUT2D eigenvalue weighted by Crippen LogP contribution is 2.41. The first-order valence-corrected chi connectivity index (χ1v) is 9.31. The first-order valence-electron chi connectivity index (χ1n) is 9.31. The number of hydrogen-bond acceptors (Lipinski definition) is 5. The molecular formula is C19H27NO5. The fourth-order valence-corrected chi connectivity index (χ4v) is 4.18. The highest BCUT2D eigenvalue weighted by Gasteiger charge is 2.54. The van der Waals surface area contributed by atoms with Crippen LogP contribution in [0.4, 0.5) is 0 Å². The minimum atomic E-state index is -0.205. The van der Waals surface area contributed by atoms with Gasteiger partial charge in [0.25, 0.3) is 5.91 Å². The highest BCUT2D eigenvalue weighted by atomic mass is 16.5. The molecule has 6 nitrogen and oxygen atoms in total. The Bertz CT molecular complexity index is 601. The van der Waals surface area contributed by atoms with Crippen molar-refractivity contribution in [1.82, 2.24) is 4.90 Å². The van der Waals surface area contributed by atoms with E-state index in [9.17, 15) is 4.79 Å². The Balaban J connectivity index is 1.27. The molecule has 1 amide bonds. The number of furan rings is 1. The minimum Gasteiger partial charge on any atom is -0.469 e. The second kappa shape index (κ2) is 7.09. The molecule has 4 rings (SSSR count). The maximum absolute atomic E-state index is 12.5. The first-order chi connectivity index (χ1) is 12.2. The molecule has 1 atom stereocenters. The summed E-state index contributed by atoms with van der Waals surface area (Å²) in [5, 5.41) is 0. The number of carbonyl (C=O) groups excluding carboxylic acids is 1. The van der Waals surface area contributed by atoms with Gasteiger partial charge in [-0.1, -0.05) is 0 Å². The second-order valence-corrected chi connectivity index (χ2v) is 7.54. The molecule has 138 valence electrons. The fourth-order valence-electron chi connectivity index (χ4n) is 4.18. The van der Waals surface area contributed by atoms with Crippen LogP contribution < -0.4 is 0 Å². The molecule has 0 bridgehead atoms. The molecule has 0 aliphatic carbocycles. The van der Waals surface area contributed by atoms with Gasteiger partial charge in [0.05, 0.1) is 31.5 Å². The van der Waals surface area contributed by atoms with Crippen LogP contribution in [0.3, 0.4) is 0 Å². The predicted molar refractivity (Wildman–Crippen MR) is 90.5 cm³/mol. The van der Waals surface area contributed by atoms with Crippen LogP contribution in [0.2, 0.25) is 0 Å². The van der Waals surface area contributed by atoms with Gasteiger partial charge in [-0.2, -0.15) is 0 Å². The average Bonchev–Trinajstić information content (AvgIpc) is 3.20. The van der Waals surface area contributed by atoms with Gasteiger partial charge in [-0.15, -0.1) is 0 Å². The van der Waals surface area contributed by atoms with Crippen LogP contribution in [0.1, 0.15) is 35.4 Å². The van der Waals surface area contributed by atoms with Crippen molar-refractivity contribution in [2.45, 2.75) is 31.8 Å². The van der Waals surface area contributed by atoms with Crippen LogP contribution in [0.5, 0.6) is 0 Å². The summed E-state index contributed by atoms with van der Waals surface area (Å²) in [5.41, 5.74) is 0.448. The summed E-state index contributed by atoms with van der Waals surface area (Å²) in [6.07, 6.45) is 4.77. The normalized spacial score (nSPS) is 26.1. The Morgan fingerprint density at radius 2 is 2.04 bits per heavy atom. The molecule has 1 aromatic rings. The maximum Gasteiger partial charge on any atom is 0.257 e. The van der Waals surface area contributed by atoms with Crippen molar-refractivity contribution in [3.8, 4) is 0 Å². The van der Waals surface area contributed by atoms with Gasteiger partial charge in [-0.25, -0.2) is 0 Å². The maximum atomic E-state index is 12.5. The molecule has 1 spiro atoms. The third kappa shape index (κ3) is 3.35. The zero-order valence-corrected chi connectivity index (χ0v) is 14.9. The van der Waals surface area contributed by atoms with Crippen LogP contribution in [-0.2, 0) is 14.2 Å². The third-order valence-corrected chi connectivity index (χ3v) is 5.91. The molecule has 0 saturated carbocycles. The van der Waals surface area contributed by atoms with Gasteiger partial charge < -0.3 is 23.5 Å². The van der Waals surface area contributed by atoms with E-state index in [4.69, 9.17) is 18.6 Å². The number of amides is 1. The van der Waals surface area contributed by atoms with Gasteiger partial charge in [0, 0.05) is 32.3 Å². The van der Waals surface area contributed by atoms with E-state index < -0.39 is 0 Å². The Hall–Kier alpha value is -1.37. The molecule has 3 fully saturated rings. The van der Waals surface area contributed by atoms with Gasteiger partial charge in [-0.3, -0.25) is 4.79 Å². The van der Waals surface area contributed by atoms with Crippen LogP contribution in [0, 0.1) is 18.8 Å². The largest absolute Gasteiger partial charge is 0.469 e. The molecule has 4 heterocycles. The van der Waals surface area contributed by atoms with Crippen LogP contribution in [-0.4, -0.2) is 62.5 Å². The number of nitrogens with zero attached hydrogens (tertiary/aromatic N) is 1. The van der Waals surface area contributed by atoms with E-state index in [1.165, 1.54) is 0 Å². The smallest absolute Gasteiger partial charge is 0.257 e. The van der Waals surface area contributed by atoms with Crippen molar-refractivity contribution in [1.29, 1.82) is 0 Å². The summed E-state index contributed by atoms with van der Waals surface area (Å²) < 4.78 is 22.7. The van der Waals surface area contributed by atoms with Gasteiger partial charge >= 0.3 is 0 Å². The third-order valence-electron chi connectivity index (χ3n) is 5.91. The summed E-state index contributed by atoms with van der Waals surface area (Å²) in [5.74, 6) is 1.71. The molecule has 0 unspecified atom stereocenters. The van der Waals surface area contributed by atoms with Crippen molar-refractivity contribution in [3.63, 3.8) is 0 Å². The van der Waals surface area contributed by atoms with Crippen LogP contribution in [0.15, 0.2) is 16.7 Å². The van der Waals surface area contributed by atoms with Crippen molar-refractivity contribution < 1.29 is 23.4 Å². The van der Waals surface area contributed by atoms with E-state index >= 15 is 0 Å². The van der Waals surface area contributed by atoms with E-state index in [1.54, 1.807) is 12.3 Å². The van der Waals surface area contributed by atoms with Crippen molar-refractivity contribution in [3.05, 3.63) is 23.7 Å². The minimum absolute atomic E-state index is 0.0363. The van der Waals surface area contributed by atoms with E-state index in [2.05, 4.69) is 0 Å². The molecule has 0 radical (unpaired) electrons. The number of rotatable bonds is 5. The van der Waals surface area contributed by atoms with Crippen LogP contribution >= 0.6 is 0 Å². The molecular weight excluding hydrogens is 322 g/mol. The lowest BCUT2D eigenvalue weighted by molar-refractivity contribution is -0.130. The summed E-state index contributed by atoms with van der Waals surface area (Å²) in [6.45, 7) is 7.14. The number of ether oxygens (including phenoxy) is 3. The van der Waals surface area contributed by atoms with Gasteiger partial charge in [0.1, 0.15) is 11.4 Å². The predicted octanol–water partition coefficient (Wildman–Crippen LogP) is 2.26. The van der Waals surface area contributed by atoms with Crippen molar-refractivity contribution >= 4 is 5.91 Å². The molecule has 6 heteroatoms. The van der Waals surface area contributed by atoms with E-state index in [0.717, 1.165) is 52.3 Å². The number of aryl methyl sites for hydroxylation is 1. The van der Waals surface area contributed by atoms with Gasteiger partial charge in [0.15, 0.2) is 0 Å². The topological polar surface area (TPSA) is 61.1 Å². The quantitative estimate of drug-likeness (QED) is 0.816. The summed E-state index contributed by atoms with van der Waals surface area (Å²) in [6, 6.07) is 1.74. The monoisotopic (exact) mass is 349 g/mol. The average molecular weight is 349 g/mol. The zero-order valence-electron chi connectivity index (χ0n) is 14.9. The lowest BCUT2D eigenvalue weighted by Gasteiger charge is -2.50. The molecule has 3 saturated heterocycles. The summed E-state index contributed by atoms with van der Waals surface area (Å²) in [7, 11) is 0. The lowest BCUT2D eigenvalue weighted by Crippen LogP contribution is -2.66. The molecule has 25 heavy (non-hydrogen) atoms. The van der Waals surface area contributed by atoms with E-state index in [1.807, 2.05) is 11.8 Å². The Kier molecular flexibility index (Phi) is 4.84. The highest BCUT2D eigenvalue weighted by molar-refractivity contribution is 5.95. The second-order valence-electron chi connectivity index (χ2n) is 7.54.